The first kappa shape index (κ1) is 101. The molecule has 2 aromatic rings. The topological polar surface area (TPSA) is 441 Å². The van der Waals surface area contributed by atoms with Crippen molar-refractivity contribution in [2.24, 2.45) is 0 Å². The maximum atomic E-state index is 13.1. The molecule has 1 atom stereocenters. The fraction of sp³-hybridized carbons (Fsp3) is 0.767. The molecule has 0 spiro atoms. The number of aromatic nitrogens is 4. The van der Waals surface area contributed by atoms with E-state index in [0.717, 1.165) is 36.7 Å². The number of alkyl carbamates (subject to hydrolysis) is 3. The Balaban J connectivity index is -0.000000361. The Morgan fingerprint density at radius 1 is 0.592 bits per heavy atom. The van der Waals surface area contributed by atoms with Gasteiger partial charge in [0.05, 0.1) is 43.7 Å². The number of rotatable bonds is 36. The highest BCUT2D eigenvalue weighted by Gasteiger charge is 2.25. The Morgan fingerprint density at radius 3 is 1.23 bits per heavy atom. The molecule has 0 aliphatic carbocycles. The second-order valence-electron chi connectivity index (χ2n) is 24.1. The summed E-state index contributed by atoms with van der Waals surface area (Å²) in [6, 6.07) is -0.537. The molecule has 0 saturated carbocycles. The third kappa shape index (κ3) is 72.9. The van der Waals surface area contributed by atoms with Crippen molar-refractivity contribution in [1.29, 1.82) is 0 Å². The van der Waals surface area contributed by atoms with Gasteiger partial charge in [0.25, 0.3) is 11.1 Å². The predicted molar refractivity (Wildman–Crippen MR) is 364 cm³/mol. The number of ether oxygens (including phenoxy) is 5. The van der Waals surface area contributed by atoms with Crippen LogP contribution in [0.25, 0.3) is 0 Å². The maximum Gasteiger partial charge on any atom is 0.407 e. The Hall–Kier alpha value is -5.79. The Bertz CT molecular complexity index is 2830. The van der Waals surface area contributed by atoms with Gasteiger partial charge in [-0.25, -0.2) is 32.4 Å². The van der Waals surface area contributed by atoms with E-state index in [1.165, 1.54) is 82.0 Å². The molecule has 3 amide bonds. The Labute approximate surface area is 590 Å². The van der Waals surface area contributed by atoms with Crippen LogP contribution < -0.4 is 43.7 Å². The van der Waals surface area contributed by atoms with Crippen LogP contribution in [-0.2, 0) is 74.0 Å². The predicted octanol–water partition coefficient (Wildman–Crippen LogP) is 9.19. The van der Waals surface area contributed by atoms with Gasteiger partial charge in [0.15, 0.2) is 12.8 Å². The van der Waals surface area contributed by atoms with E-state index in [-0.39, 0.29) is 24.9 Å². The van der Waals surface area contributed by atoms with E-state index in [4.69, 9.17) is 61.3 Å². The highest BCUT2D eigenvalue weighted by Crippen LogP contribution is 2.17. The van der Waals surface area contributed by atoms with Crippen LogP contribution in [0.5, 0.6) is 0 Å². The summed E-state index contributed by atoms with van der Waals surface area (Å²) in [5.41, 5.74) is -5.21. The van der Waals surface area contributed by atoms with Gasteiger partial charge in [0.1, 0.15) is 22.9 Å². The Kier molecular flexibility index (Phi) is 61.8. The number of carbonyl (C=O) groups is 6. The summed E-state index contributed by atoms with van der Waals surface area (Å²) in [7, 11) is 0.665. The van der Waals surface area contributed by atoms with Gasteiger partial charge in [0, 0.05) is 55.8 Å². The summed E-state index contributed by atoms with van der Waals surface area (Å²) in [5.74, 6) is -3.75. The summed E-state index contributed by atoms with van der Waals surface area (Å²) >= 11 is 7.16. The molecule has 2 aromatic heterocycles. The second-order valence-corrected chi connectivity index (χ2v) is 27.2. The SMILES string of the molecule is CC(C)(C)OC(=O)NCCCCCC(=O)O.CC(C)(C)OC(=O)NCCCCCC(=O)OCCl.CC(C)(C)OC(=O)NCCCCCC(=O)OCn1cc(F)c(=O)[nH]c1=O.CCCC[N+](CCCC)(CCCC)CCCC.O=S(=O)(Cl)OCCl.O=S([O-])O[O-].O=c1[nH]cc(F)c(=O)[nH]1. The molecule has 7 N–H and O–H groups in total. The van der Waals surface area contributed by atoms with E-state index in [0.29, 0.717) is 64.1 Å². The fourth-order valence-electron chi connectivity index (χ4n) is 7.25. The minimum atomic E-state index is -3.83. The van der Waals surface area contributed by atoms with Crippen LogP contribution in [0.15, 0.2) is 31.6 Å². The van der Waals surface area contributed by atoms with Crippen LogP contribution >= 0.6 is 33.9 Å². The summed E-state index contributed by atoms with van der Waals surface area (Å²) in [5, 5.41) is 24.8. The number of halogens is 5. The van der Waals surface area contributed by atoms with Gasteiger partial charge in [-0.2, -0.15) is 17.2 Å². The highest BCUT2D eigenvalue weighted by atomic mass is 35.7. The van der Waals surface area contributed by atoms with E-state index < -0.39 is 115 Å². The molecule has 0 radical (unpaired) electrons. The third-order valence-corrected chi connectivity index (χ3v) is 12.8. The lowest BCUT2D eigenvalue weighted by Gasteiger charge is -2.39. The quantitative estimate of drug-likeness (QED) is 0.00384. The van der Waals surface area contributed by atoms with Crippen LogP contribution in [-0.4, -0.2) is 157 Å². The van der Waals surface area contributed by atoms with Crippen molar-refractivity contribution in [2.75, 3.05) is 57.9 Å². The van der Waals surface area contributed by atoms with Crippen molar-refractivity contribution < 1.29 is 102 Å². The number of hydrogen-bond acceptors (Lipinski definition) is 22. The number of amides is 3. The van der Waals surface area contributed by atoms with Gasteiger partial charge in [-0.15, -0.1) is 0 Å². The van der Waals surface area contributed by atoms with Gasteiger partial charge in [0.2, 0.25) is 11.6 Å². The molecule has 0 aliphatic heterocycles. The number of quaternary nitrogens is 1. The number of carboxylic acids is 1. The van der Waals surface area contributed by atoms with Crippen LogP contribution in [0.1, 0.15) is 218 Å². The summed E-state index contributed by atoms with van der Waals surface area (Å²) in [6.45, 7) is 32.2. The monoisotopic (exact) mass is 1520 g/mol. The lowest BCUT2D eigenvalue weighted by Crippen LogP contribution is -2.50. The summed E-state index contributed by atoms with van der Waals surface area (Å²) in [4.78, 5) is 115. The molecule has 0 aromatic carbocycles. The lowest BCUT2D eigenvalue weighted by molar-refractivity contribution is -0.929. The van der Waals surface area contributed by atoms with Gasteiger partial charge < -0.3 is 68.4 Å². The molecule has 1 unspecified atom stereocenters. The van der Waals surface area contributed by atoms with Crippen molar-refractivity contribution in [3.05, 3.63) is 65.7 Å². The number of nitrogens with zero attached hydrogens (tertiary/aromatic N) is 2. The second kappa shape index (κ2) is 60.0. The first-order valence-electron chi connectivity index (χ1n) is 31.9. The normalized spacial score (nSPS) is 11.3. The van der Waals surface area contributed by atoms with Crippen molar-refractivity contribution in [1.82, 2.24) is 35.5 Å². The number of alkyl halides is 2. The zero-order valence-corrected chi connectivity index (χ0v) is 62.8. The van der Waals surface area contributed by atoms with Crippen LogP contribution in [0.4, 0.5) is 23.2 Å². The largest absolute Gasteiger partial charge is 0.750 e. The van der Waals surface area contributed by atoms with Crippen LogP contribution in [0.3, 0.4) is 0 Å². The van der Waals surface area contributed by atoms with E-state index >= 15 is 0 Å². The molecule has 98 heavy (non-hydrogen) atoms. The smallest absolute Gasteiger partial charge is 0.407 e. The molecule has 0 aliphatic rings. The molecular weight excluding hydrogens is 1410 g/mol. The number of nitrogens with one attached hydrogen (secondary N) is 6. The first-order chi connectivity index (χ1) is 45.5. The number of aromatic amines is 3. The van der Waals surface area contributed by atoms with E-state index in [1.807, 2.05) is 25.8 Å². The average molecular weight is 1520 g/mol. The van der Waals surface area contributed by atoms with E-state index in [1.54, 1.807) is 51.5 Å². The molecule has 38 heteroatoms. The molecular formula is C60H108Cl3F2N8O23S2-. The molecule has 31 nitrogen and oxygen atoms in total. The number of aliphatic carboxylic acids is 1. The zero-order valence-electron chi connectivity index (χ0n) is 58.9. The number of unbranched alkanes of at least 4 members (excludes halogenated alkanes) is 10. The van der Waals surface area contributed by atoms with Gasteiger partial charge >= 0.3 is 56.9 Å². The highest BCUT2D eigenvalue weighted by molar-refractivity contribution is 8.10. The minimum absolute atomic E-state index is 0.0982. The molecule has 0 bridgehead atoms. The number of H-pyrrole nitrogens is 3. The number of hydrogen-bond donors (Lipinski definition) is 7. The molecule has 2 rings (SSSR count). The van der Waals surface area contributed by atoms with Crippen LogP contribution in [0.2, 0.25) is 0 Å². The Morgan fingerprint density at radius 2 is 0.949 bits per heavy atom. The molecule has 574 valence electrons. The van der Waals surface area contributed by atoms with Gasteiger partial charge in [-0.3, -0.25) is 38.5 Å². The third-order valence-electron chi connectivity index (χ3n) is 11.7. The van der Waals surface area contributed by atoms with Gasteiger partial charge in [-0.05, 0) is 127 Å². The standard InChI is InChI=1S/C16H24FN3O6.C16H36N.C12H22ClNO4.C11H21NO4.C4H3FN2O2.CH2Cl2O3S.H2O4S/c1-16(2,3)26-15(24)18-8-6-4-5-7-12(21)25-10-20-9-11(17)13(22)19-14(20)23;1-5-9-13-17(14-10-6-2,15-11-7-3)16-12-8-4;1-12(2,3)18-11(16)14-8-6-4-5-7-10(15)17-9-13;1-11(2,3)16-10(15)12-8-6-4-5-7-9(13)14;5-2-1-6-4(9)7-3(2)8;2-1-6-7(3,4)5;1-4-5(2)3/h9H,4-8,10H2,1-3H3,(H,18,24)(H,19,22,23);5-16H2,1-4H3;4-9H2,1-3H3,(H,14,16);4-8H2,1-3H3,(H,12,15)(H,13,14);1H,(H2,6,7,8,9);1H2;1H,(H,2,3)/q;+1;;;;;/p-2. The van der Waals surface area contributed by atoms with Crippen molar-refractivity contribution in [2.45, 2.75) is 242 Å². The van der Waals surface area contributed by atoms with Gasteiger partial charge in [-0.1, -0.05) is 95.8 Å². The molecule has 0 fully saturated rings. The molecule has 0 saturated heterocycles. The first-order valence-corrected chi connectivity index (χ1v) is 36.2. The van der Waals surface area contributed by atoms with E-state index in [9.17, 15) is 65.1 Å². The lowest BCUT2D eigenvalue weighted by atomic mass is 10.1. The summed E-state index contributed by atoms with van der Waals surface area (Å²) in [6.07, 6.45) is 18.2. The van der Waals surface area contributed by atoms with Crippen LogP contribution in [0, 0.1) is 11.6 Å². The molecule has 2 heterocycles. The number of esters is 2. The number of carbonyl (C=O) groups excluding carboxylic acids is 5. The minimum Gasteiger partial charge on any atom is -0.750 e. The fourth-order valence-corrected chi connectivity index (χ4v) is 8.10. The van der Waals surface area contributed by atoms with Crippen molar-refractivity contribution >= 4 is 90.8 Å². The average Bonchev–Trinajstić information content (AvgIpc) is 0.883. The zero-order chi connectivity index (χ0) is 76.4. The number of carboxylic acid groups (broad SMARTS) is 1. The van der Waals surface area contributed by atoms with E-state index in [2.05, 4.69) is 67.6 Å². The van der Waals surface area contributed by atoms with Crippen molar-refractivity contribution in [3.8, 4) is 0 Å². The van der Waals surface area contributed by atoms with Crippen molar-refractivity contribution in [3.63, 3.8) is 0 Å². The maximum absolute atomic E-state index is 13.1. The summed E-state index contributed by atoms with van der Waals surface area (Å²) < 4.78 is 95.0.